The minimum absolute atomic E-state index is 0.0124. The molecule has 7 nitrogen and oxygen atoms in total. The van der Waals surface area contributed by atoms with Crippen LogP contribution in [0, 0.1) is 0 Å². The fourth-order valence-corrected chi connectivity index (χ4v) is 3.69. The van der Waals surface area contributed by atoms with Gasteiger partial charge in [-0.1, -0.05) is 24.3 Å². The molecular weight excluding hydrogens is 356 g/mol. The minimum Gasteiger partial charge on any atom is -0.482 e. The molecule has 1 atom stereocenters. The molecule has 4 rings (SSSR count). The van der Waals surface area contributed by atoms with Crippen LogP contribution in [0.15, 0.2) is 42.5 Å². The van der Waals surface area contributed by atoms with Crippen molar-refractivity contribution in [2.75, 3.05) is 30.3 Å². The molecule has 2 heterocycles. The van der Waals surface area contributed by atoms with Gasteiger partial charge < -0.3 is 20.7 Å². The molecule has 2 aromatic carbocycles. The highest BCUT2D eigenvalue weighted by Crippen LogP contribution is 2.30. The second-order valence-corrected chi connectivity index (χ2v) is 7.30. The van der Waals surface area contributed by atoms with Gasteiger partial charge in [-0.3, -0.25) is 9.69 Å². The number of hydrogen-bond acceptors (Lipinski definition) is 4. The number of carbonyl (C=O) groups excluding carboxylic acids is 2. The van der Waals surface area contributed by atoms with Crippen LogP contribution in [0.25, 0.3) is 0 Å². The number of nitrogens with one attached hydrogen (secondary N) is 3. The molecule has 0 fully saturated rings. The van der Waals surface area contributed by atoms with Crippen molar-refractivity contribution >= 4 is 23.3 Å². The standard InChI is InChI=1S/C21H24N4O3/c1-14(11-25-9-8-15-4-2-3-5-16(15)12-25)22-21(27)23-17-6-7-18-19(10-17)28-13-20(26)24-18/h2-7,10,14H,8-9,11-13H2,1H3,(H,24,26)(H2,22,23,27)/t14-/m1/s1. The first-order chi connectivity index (χ1) is 13.6. The zero-order valence-electron chi connectivity index (χ0n) is 15.8. The van der Waals surface area contributed by atoms with E-state index in [1.807, 2.05) is 6.92 Å². The first-order valence-corrected chi connectivity index (χ1v) is 9.50. The van der Waals surface area contributed by atoms with Crippen molar-refractivity contribution in [3.63, 3.8) is 0 Å². The Kier molecular flexibility index (Phi) is 5.16. The zero-order chi connectivity index (χ0) is 19.5. The third-order valence-electron chi connectivity index (χ3n) is 4.99. The molecule has 0 aliphatic carbocycles. The number of nitrogens with zero attached hydrogens (tertiary/aromatic N) is 1. The normalized spacial score (nSPS) is 16.8. The van der Waals surface area contributed by atoms with Gasteiger partial charge in [-0.25, -0.2) is 4.79 Å². The molecule has 7 heteroatoms. The van der Waals surface area contributed by atoms with Crippen molar-refractivity contribution in [3.05, 3.63) is 53.6 Å². The third kappa shape index (κ3) is 4.26. The fourth-order valence-electron chi connectivity index (χ4n) is 3.69. The molecule has 0 spiro atoms. The van der Waals surface area contributed by atoms with E-state index in [9.17, 15) is 9.59 Å². The summed E-state index contributed by atoms with van der Waals surface area (Å²) >= 11 is 0. The number of rotatable bonds is 4. The molecule has 3 amide bonds. The van der Waals surface area contributed by atoms with Crippen LogP contribution in [0.4, 0.5) is 16.2 Å². The Bertz CT molecular complexity index is 899. The maximum absolute atomic E-state index is 12.3. The molecule has 0 radical (unpaired) electrons. The highest BCUT2D eigenvalue weighted by atomic mass is 16.5. The van der Waals surface area contributed by atoms with Crippen LogP contribution in [-0.4, -0.2) is 42.6 Å². The molecule has 28 heavy (non-hydrogen) atoms. The summed E-state index contributed by atoms with van der Waals surface area (Å²) in [6.07, 6.45) is 1.04. The number of amides is 3. The maximum atomic E-state index is 12.3. The number of carbonyl (C=O) groups is 2. The van der Waals surface area contributed by atoms with Crippen molar-refractivity contribution in [2.24, 2.45) is 0 Å². The second kappa shape index (κ2) is 7.90. The number of urea groups is 1. The van der Waals surface area contributed by atoms with E-state index in [2.05, 4.69) is 45.1 Å². The topological polar surface area (TPSA) is 82.7 Å². The predicted octanol–water partition coefficient (Wildman–Crippen LogP) is 2.59. The Hall–Kier alpha value is -3.06. The number of anilines is 2. The average Bonchev–Trinajstić information content (AvgIpc) is 2.68. The Morgan fingerprint density at radius 2 is 2.07 bits per heavy atom. The van der Waals surface area contributed by atoms with Crippen molar-refractivity contribution in [1.29, 1.82) is 0 Å². The summed E-state index contributed by atoms with van der Waals surface area (Å²) < 4.78 is 5.38. The Morgan fingerprint density at radius 1 is 1.25 bits per heavy atom. The predicted molar refractivity (Wildman–Crippen MR) is 108 cm³/mol. The van der Waals surface area contributed by atoms with E-state index in [0.29, 0.717) is 17.1 Å². The Morgan fingerprint density at radius 3 is 2.93 bits per heavy atom. The van der Waals surface area contributed by atoms with Crippen LogP contribution in [0.3, 0.4) is 0 Å². The van der Waals surface area contributed by atoms with E-state index in [1.54, 1.807) is 18.2 Å². The number of ether oxygens (including phenoxy) is 1. The molecule has 3 N–H and O–H groups in total. The number of benzene rings is 2. The van der Waals surface area contributed by atoms with E-state index >= 15 is 0 Å². The van der Waals surface area contributed by atoms with Gasteiger partial charge in [0.15, 0.2) is 6.61 Å². The monoisotopic (exact) mass is 380 g/mol. The third-order valence-corrected chi connectivity index (χ3v) is 4.99. The highest BCUT2D eigenvalue weighted by Gasteiger charge is 2.19. The van der Waals surface area contributed by atoms with Gasteiger partial charge in [-0.2, -0.15) is 0 Å². The lowest BCUT2D eigenvalue weighted by molar-refractivity contribution is -0.118. The van der Waals surface area contributed by atoms with Gasteiger partial charge in [0, 0.05) is 37.4 Å². The van der Waals surface area contributed by atoms with Gasteiger partial charge >= 0.3 is 6.03 Å². The van der Waals surface area contributed by atoms with Crippen LogP contribution in [0.2, 0.25) is 0 Å². The zero-order valence-corrected chi connectivity index (χ0v) is 15.8. The summed E-state index contributed by atoms with van der Waals surface area (Å²) in [5, 5.41) is 8.54. The maximum Gasteiger partial charge on any atom is 0.319 e. The quantitative estimate of drug-likeness (QED) is 0.761. The molecular formula is C21H24N4O3. The molecule has 2 aliphatic rings. The lowest BCUT2D eigenvalue weighted by Crippen LogP contribution is -2.45. The fraction of sp³-hybridized carbons (Fsp3) is 0.333. The summed E-state index contributed by atoms with van der Waals surface area (Å²) in [4.78, 5) is 26.0. The second-order valence-electron chi connectivity index (χ2n) is 7.30. The number of fused-ring (bicyclic) bond motifs is 2. The van der Waals surface area contributed by atoms with E-state index in [1.165, 1.54) is 11.1 Å². The van der Waals surface area contributed by atoms with Gasteiger partial charge in [-0.05, 0) is 36.6 Å². The van der Waals surface area contributed by atoms with Crippen LogP contribution in [0.5, 0.6) is 5.75 Å². The van der Waals surface area contributed by atoms with E-state index in [4.69, 9.17) is 4.74 Å². The SMILES string of the molecule is C[C@H](CN1CCc2ccccc2C1)NC(=O)Nc1ccc2c(c1)OCC(=O)N2. The smallest absolute Gasteiger partial charge is 0.319 e. The largest absolute Gasteiger partial charge is 0.482 e. The Balaban J connectivity index is 1.29. The molecule has 0 bridgehead atoms. The van der Waals surface area contributed by atoms with Crippen LogP contribution in [-0.2, 0) is 17.8 Å². The first-order valence-electron chi connectivity index (χ1n) is 9.50. The molecule has 0 aromatic heterocycles. The molecule has 0 saturated carbocycles. The summed E-state index contributed by atoms with van der Waals surface area (Å²) in [5.74, 6) is 0.373. The molecule has 0 unspecified atom stereocenters. The Labute approximate surface area is 164 Å². The summed E-state index contributed by atoms with van der Waals surface area (Å²) in [6, 6.07) is 13.4. The molecule has 2 aromatic rings. The van der Waals surface area contributed by atoms with Crippen LogP contribution < -0.4 is 20.7 Å². The molecule has 0 saturated heterocycles. The van der Waals surface area contributed by atoms with Gasteiger partial charge in [-0.15, -0.1) is 0 Å². The summed E-state index contributed by atoms with van der Waals surface area (Å²) in [6.45, 7) is 4.70. The summed E-state index contributed by atoms with van der Waals surface area (Å²) in [7, 11) is 0. The van der Waals surface area contributed by atoms with Crippen molar-refractivity contribution < 1.29 is 14.3 Å². The lowest BCUT2D eigenvalue weighted by atomic mass is 10.00. The van der Waals surface area contributed by atoms with Crippen LogP contribution in [0.1, 0.15) is 18.1 Å². The van der Waals surface area contributed by atoms with Gasteiger partial charge in [0.25, 0.3) is 5.91 Å². The van der Waals surface area contributed by atoms with Crippen molar-refractivity contribution in [1.82, 2.24) is 10.2 Å². The van der Waals surface area contributed by atoms with Crippen molar-refractivity contribution in [2.45, 2.75) is 25.9 Å². The average molecular weight is 380 g/mol. The first kappa shape index (κ1) is 18.3. The van der Waals surface area contributed by atoms with Crippen molar-refractivity contribution in [3.8, 4) is 5.75 Å². The van der Waals surface area contributed by atoms with E-state index in [-0.39, 0.29) is 24.6 Å². The van der Waals surface area contributed by atoms with Gasteiger partial charge in [0.05, 0.1) is 5.69 Å². The minimum atomic E-state index is -0.260. The van der Waals surface area contributed by atoms with E-state index in [0.717, 1.165) is 26.1 Å². The molecule has 146 valence electrons. The number of hydrogen-bond donors (Lipinski definition) is 3. The highest BCUT2D eigenvalue weighted by molar-refractivity contribution is 5.96. The summed E-state index contributed by atoms with van der Waals surface area (Å²) in [5.41, 5.74) is 4.02. The lowest BCUT2D eigenvalue weighted by Gasteiger charge is -2.31. The van der Waals surface area contributed by atoms with Gasteiger partial charge in [0.2, 0.25) is 0 Å². The van der Waals surface area contributed by atoms with E-state index < -0.39 is 0 Å². The van der Waals surface area contributed by atoms with Crippen LogP contribution >= 0.6 is 0 Å². The van der Waals surface area contributed by atoms with Gasteiger partial charge in [0.1, 0.15) is 5.75 Å². The molecule has 2 aliphatic heterocycles.